The number of nitrogen functional groups attached to an aromatic ring is 1. The van der Waals surface area contributed by atoms with Gasteiger partial charge in [0.15, 0.2) is 5.82 Å². The molecule has 0 saturated heterocycles. The number of thioether (sulfide) groups is 1. The first-order valence-corrected chi connectivity index (χ1v) is 8.86. The fraction of sp³-hybridized carbons (Fsp3) is 0.118. The lowest BCUT2D eigenvalue weighted by atomic mass is 9.97. The highest BCUT2D eigenvalue weighted by molar-refractivity contribution is 8.13. The Morgan fingerprint density at radius 3 is 2.88 bits per heavy atom. The summed E-state index contributed by atoms with van der Waals surface area (Å²) < 4.78 is 14.9. The van der Waals surface area contributed by atoms with Crippen molar-refractivity contribution in [3.8, 4) is 11.3 Å². The van der Waals surface area contributed by atoms with Crippen LogP contribution in [-0.2, 0) is 0 Å². The van der Waals surface area contributed by atoms with Gasteiger partial charge in [0.05, 0.1) is 22.5 Å². The second-order valence-corrected chi connectivity index (χ2v) is 6.97. The van der Waals surface area contributed by atoms with Crippen LogP contribution in [0.4, 0.5) is 10.2 Å². The molecule has 2 aliphatic rings. The van der Waals surface area contributed by atoms with E-state index in [1.54, 1.807) is 28.4 Å². The quantitative estimate of drug-likeness (QED) is 0.749. The van der Waals surface area contributed by atoms with Crippen molar-refractivity contribution >= 4 is 34.3 Å². The van der Waals surface area contributed by atoms with Crippen LogP contribution in [0.25, 0.3) is 22.5 Å². The second kappa shape index (κ2) is 5.73. The molecule has 1 aliphatic carbocycles. The van der Waals surface area contributed by atoms with Crippen LogP contribution in [0.3, 0.4) is 0 Å². The topological polar surface area (TPSA) is 94.3 Å². The van der Waals surface area contributed by atoms with Gasteiger partial charge >= 0.3 is 0 Å². The minimum atomic E-state index is -0.314. The van der Waals surface area contributed by atoms with Gasteiger partial charge in [-0.05, 0) is 40.3 Å². The number of tetrazole rings is 1. The third-order valence-corrected chi connectivity index (χ3v) is 5.34. The largest absolute Gasteiger partial charge is 0.380 e. The summed E-state index contributed by atoms with van der Waals surface area (Å²) in [4.78, 5) is 8.94. The molecule has 3 aromatic rings. The maximum atomic E-state index is 13.4. The van der Waals surface area contributed by atoms with Gasteiger partial charge in [0.2, 0.25) is 5.65 Å². The van der Waals surface area contributed by atoms with E-state index in [-0.39, 0.29) is 22.9 Å². The third kappa shape index (κ3) is 2.31. The molecule has 128 valence electrons. The summed E-state index contributed by atoms with van der Waals surface area (Å²) in [5.74, 6) is -0.0965. The highest BCUT2D eigenvalue weighted by Gasteiger charge is 2.27. The molecule has 0 spiro atoms. The second-order valence-electron chi connectivity index (χ2n) is 5.94. The Hall–Kier alpha value is -3.07. The molecule has 0 radical (unpaired) electrons. The number of allylic oxidation sites excluding steroid dienone is 2. The van der Waals surface area contributed by atoms with E-state index in [4.69, 9.17) is 5.73 Å². The van der Waals surface area contributed by atoms with E-state index in [1.165, 1.54) is 12.1 Å². The van der Waals surface area contributed by atoms with Gasteiger partial charge in [0.1, 0.15) is 11.5 Å². The minimum Gasteiger partial charge on any atom is -0.380 e. The Bertz CT molecular complexity index is 1100. The molecule has 2 unspecified atom stereocenters. The van der Waals surface area contributed by atoms with Gasteiger partial charge in [0, 0.05) is 5.56 Å². The smallest absolute Gasteiger partial charge is 0.222 e. The summed E-state index contributed by atoms with van der Waals surface area (Å²) in [7, 11) is 0. The molecule has 7 nitrogen and oxygen atoms in total. The Balaban J connectivity index is 1.76. The fourth-order valence-corrected chi connectivity index (χ4v) is 4.02. The predicted octanol–water partition coefficient (Wildman–Crippen LogP) is 2.37. The Morgan fingerprint density at radius 2 is 2.04 bits per heavy atom. The Morgan fingerprint density at radius 1 is 1.19 bits per heavy atom. The van der Waals surface area contributed by atoms with Crippen molar-refractivity contribution in [1.82, 2.24) is 25.0 Å². The van der Waals surface area contributed by atoms with E-state index in [2.05, 4.69) is 37.7 Å². The first-order chi connectivity index (χ1) is 12.7. The van der Waals surface area contributed by atoms with Crippen molar-refractivity contribution in [2.75, 3.05) is 5.73 Å². The van der Waals surface area contributed by atoms with E-state index in [0.717, 1.165) is 11.1 Å². The van der Waals surface area contributed by atoms with Crippen LogP contribution in [0.5, 0.6) is 0 Å². The van der Waals surface area contributed by atoms with Gasteiger partial charge in [-0.15, -0.1) is 16.9 Å². The molecule has 0 saturated carbocycles. The van der Waals surface area contributed by atoms with Crippen molar-refractivity contribution < 1.29 is 4.39 Å². The van der Waals surface area contributed by atoms with Gasteiger partial charge in [-0.1, -0.05) is 18.2 Å². The summed E-state index contributed by atoms with van der Waals surface area (Å²) in [5, 5.41) is 12.0. The standard InChI is InChI=1S/C17H12FN7S/c18-11-4-1-9(2-5-11)14-15(25-17(16(19)21-14)22-23-24-25)10-3-6-12-13(7-10)26-8-20-12/h1-8,12-13H,(H2,19,21). The normalized spacial score (nSPS) is 21.2. The van der Waals surface area contributed by atoms with Crippen LogP contribution < -0.4 is 5.73 Å². The molecule has 0 fully saturated rings. The number of nitrogens with two attached hydrogens (primary N) is 1. The molecule has 0 bridgehead atoms. The molecular formula is C17H12FN7S. The molecule has 1 aliphatic heterocycles. The molecule has 2 atom stereocenters. The fourth-order valence-electron chi connectivity index (χ4n) is 3.12. The van der Waals surface area contributed by atoms with Crippen LogP contribution in [-0.4, -0.2) is 41.9 Å². The van der Waals surface area contributed by atoms with Gasteiger partial charge in [0.25, 0.3) is 0 Å². The lowest BCUT2D eigenvalue weighted by Gasteiger charge is -2.19. The zero-order chi connectivity index (χ0) is 17.7. The number of hydrogen-bond donors (Lipinski definition) is 1. The van der Waals surface area contributed by atoms with Crippen molar-refractivity contribution in [2.45, 2.75) is 11.3 Å². The zero-order valence-corrected chi connectivity index (χ0v) is 14.1. The molecule has 3 heterocycles. The molecule has 5 rings (SSSR count). The third-order valence-electron chi connectivity index (χ3n) is 4.36. The van der Waals surface area contributed by atoms with Crippen molar-refractivity contribution in [3.05, 3.63) is 54.0 Å². The number of halogens is 1. The number of aromatic nitrogens is 5. The summed E-state index contributed by atoms with van der Waals surface area (Å²) in [6, 6.07) is 6.26. The number of rotatable bonds is 2. The lowest BCUT2D eigenvalue weighted by Crippen LogP contribution is -2.17. The van der Waals surface area contributed by atoms with Crippen LogP contribution in [0.2, 0.25) is 0 Å². The number of aliphatic imine (C=N–C) groups is 1. The first kappa shape index (κ1) is 15.2. The van der Waals surface area contributed by atoms with Gasteiger partial charge in [-0.2, -0.15) is 4.52 Å². The van der Waals surface area contributed by atoms with Crippen LogP contribution in [0.15, 0.2) is 47.5 Å². The molecule has 2 aromatic heterocycles. The zero-order valence-electron chi connectivity index (χ0n) is 13.3. The Kier molecular flexibility index (Phi) is 3.35. The summed E-state index contributed by atoms with van der Waals surface area (Å²) >= 11 is 1.66. The van der Waals surface area contributed by atoms with E-state index in [1.807, 2.05) is 11.6 Å². The molecule has 0 amide bonds. The number of benzene rings is 1. The maximum absolute atomic E-state index is 13.4. The van der Waals surface area contributed by atoms with E-state index in [0.29, 0.717) is 17.0 Å². The molecule has 2 N–H and O–H groups in total. The molecule has 9 heteroatoms. The van der Waals surface area contributed by atoms with Crippen LogP contribution >= 0.6 is 11.8 Å². The van der Waals surface area contributed by atoms with E-state index in [9.17, 15) is 4.39 Å². The number of hydrogen-bond acceptors (Lipinski definition) is 7. The Labute approximate surface area is 151 Å². The maximum Gasteiger partial charge on any atom is 0.222 e. The van der Waals surface area contributed by atoms with Crippen LogP contribution in [0.1, 0.15) is 5.69 Å². The lowest BCUT2D eigenvalue weighted by molar-refractivity contribution is 0.628. The van der Waals surface area contributed by atoms with E-state index >= 15 is 0 Å². The monoisotopic (exact) mass is 365 g/mol. The van der Waals surface area contributed by atoms with Crippen molar-refractivity contribution in [2.24, 2.45) is 4.99 Å². The summed E-state index contributed by atoms with van der Waals surface area (Å²) in [6.45, 7) is 0. The van der Waals surface area contributed by atoms with Gasteiger partial charge in [-0.25, -0.2) is 9.37 Å². The number of anilines is 1. The summed E-state index contributed by atoms with van der Waals surface area (Å²) in [5.41, 5.74) is 11.3. The average molecular weight is 365 g/mol. The molecule has 1 aromatic carbocycles. The highest BCUT2D eigenvalue weighted by Crippen LogP contribution is 2.36. The summed E-state index contributed by atoms with van der Waals surface area (Å²) in [6.07, 6.45) is 6.17. The highest BCUT2D eigenvalue weighted by atomic mass is 32.2. The van der Waals surface area contributed by atoms with Crippen LogP contribution in [0, 0.1) is 5.82 Å². The van der Waals surface area contributed by atoms with Gasteiger partial charge < -0.3 is 5.73 Å². The minimum absolute atomic E-state index is 0.143. The molecular weight excluding hydrogens is 353 g/mol. The number of fused-ring (bicyclic) bond motifs is 2. The van der Waals surface area contributed by atoms with E-state index < -0.39 is 0 Å². The van der Waals surface area contributed by atoms with Crippen molar-refractivity contribution in [1.29, 1.82) is 0 Å². The average Bonchev–Trinajstić information content (AvgIpc) is 3.31. The molecule has 26 heavy (non-hydrogen) atoms. The predicted molar refractivity (Wildman–Crippen MR) is 99.2 cm³/mol. The first-order valence-electron chi connectivity index (χ1n) is 7.92. The van der Waals surface area contributed by atoms with Crippen molar-refractivity contribution in [3.63, 3.8) is 0 Å². The SMILES string of the molecule is Nc1nc(-c2ccc(F)cc2)c(C2=CC3SC=NC3C=C2)n2nnnc12. The number of nitrogens with zero attached hydrogens (tertiary/aromatic N) is 6. The van der Waals surface area contributed by atoms with Gasteiger partial charge in [-0.3, -0.25) is 4.99 Å².